The molecule has 2 aromatic rings. The minimum atomic E-state index is -0.211. The number of amides is 1. The first-order valence-electron chi connectivity index (χ1n) is 6.23. The molecule has 3 rings (SSSR count). The molecule has 1 aliphatic heterocycles. The number of hydrogen-bond acceptors (Lipinski definition) is 4. The first-order chi connectivity index (χ1) is 9.16. The van der Waals surface area contributed by atoms with Crippen molar-refractivity contribution >= 4 is 22.5 Å². The number of hydrogen-bond donors (Lipinski definition) is 3. The molecule has 1 aliphatic rings. The van der Waals surface area contributed by atoms with Crippen LogP contribution in [0.3, 0.4) is 0 Å². The van der Waals surface area contributed by atoms with Crippen LogP contribution in [0, 0.1) is 0 Å². The number of anilines is 1. The fourth-order valence-corrected chi connectivity index (χ4v) is 2.08. The number of carbonyl (C=O) groups is 1. The number of ether oxygens (including phenoxy) is 1. The molecule has 19 heavy (non-hydrogen) atoms. The number of aromatic nitrogens is 2. The van der Waals surface area contributed by atoms with Gasteiger partial charge in [0.1, 0.15) is 6.61 Å². The molecule has 100 valence electrons. The molecule has 1 saturated heterocycles. The monoisotopic (exact) mass is 260 g/mol. The molecule has 1 aromatic heterocycles. The zero-order valence-corrected chi connectivity index (χ0v) is 10.7. The van der Waals surface area contributed by atoms with E-state index in [0.717, 1.165) is 29.7 Å². The summed E-state index contributed by atoms with van der Waals surface area (Å²) in [5.41, 5.74) is 1.34. The molecule has 0 spiro atoms. The third-order valence-electron chi connectivity index (χ3n) is 3.30. The van der Waals surface area contributed by atoms with Gasteiger partial charge in [-0.2, -0.15) is 5.10 Å². The van der Waals surface area contributed by atoms with Crippen LogP contribution in [0.5, 0.6) is 0 Å². The lowest BCUT2D eigenvalue weighted by Gasteiger charge is -2.38. The van der Waals surface area contributed by atoms with Crippen LogP contribution in [0.2, 0.25) is 0 Å². The van der Waals surface area contributed by atoms with Crippen molar-refractivity contribution in [3.05, 3.63) is 24.4 Å². The summed E-state index contributed by atoms with van der Waals surface area (Å²) >= 11 is 0. The molecule has 0 unspecified atom stereocenters. The molecule has 1 amide bonds. The molecule has 0 atom stereocenters. The molecule has 0 aliphatic carbocycles. The smallest absolute Gasteiger partial charge is 0.250 e. The highest BCUT2D eigenvalue weighted by molar-refractivity contribution is 6.00. The molecule has 2 heterocycles. The third kappa shape index (κ3) is 2.45. The third-order valence-corrected chi connectivity index (χ3v) is 3.30. The Morgan fingerprint density at radius 2 is 2.37 bits per heavy atom. The predicted octanol–water partition coefficient (Wildman–Crippen LogP) is 0.880. The number of para-hydroxylation sites is 1. The first kappa shape index (κ1) is 12.1. The second-order valence-electron chi connectivity index (χ2n) is 5.03. The number of benzene rings is 1. The molecule has 0 bridgehead atoms. The topological polar surface area (TPSA) is 79.0 Å². The molecule has 0 radical (unpaired) electrons. The van der Waals surface area contributed by atoms with Crippen LogP contribution in [-0.2, 0) is 9.53 Å². The van der Waals surface area contributed by atoms with Gasteiger partial charge in [0, 0.05) is 18.5 Å². The molecular weight excluding hydrogens is 244 g/mol. The number of H-pyrrole nitrogens is 1. The number of nitrogens with one attached hydrogen (secondary N) is 3. The second-order valence-corrected chi connectivity index (χ2v) is 5.03. The van der Waals surface area contributed by atoms with E-state index in [1.807, 2.05) is 25.1 Å². The Bertz CT molecular complexity index is 603. The van der Waals surface area contributed by atoms with E-state index in [-0.39, 0.29) is 18.1 Å². The Balaban J connectivity index is 1.64. The van der Waals surface area contributed by atoms with Crippen LogP contribution in [-0.4, -0.2) is 41.4 Å². The standard InChI is InChI=1S/C13H16N4O2/c1-13(7-14-8-13)19-6-11(18)16-10-4-2-3-9-5-15-17-12(9)10/h2-5,14H,6-8H2,1H3,(H,15,17)(H,16,18). The van der Waals surface area contributed by atoms with Crippen molar-refractivity contribution in [3.63, 3.8) is 0 Å². The Kier molecular flexibility index (Phi) is 2.96. The van der Waals surface area contributed by atoms with Crippen molar-refractivity contribution in [2.24, 2.45) is 0 Å². The maximum Gasteiger partial charge on any atom is 0.250 e. The lowest BCUT2D eigenvalue weighted by Crippen LogP contribution is -2.59. The molecule has 6 heteroatoms. The zero-order valence-electron chi connectivity index (χ0n) is 10.7. The molecule has 1 fully saturated rings. The second kappa shape index (κ2) is 4.64. The quantitative estimate of drug-likeness (QED) is 0.762. The predicted molar refractivity (Wildman–Crippen MR) is 72.0 cm³/mol. The summed E-state index contributed by atoms with van der Waals surface area (Å²) in [7, 11) is 0. The van der Waals surface area contributed by atoms with Crippen molar-refractivity contribution in [2.75, 3.05) is 25.0 Å². The van der Waals surface area contributed by atoms with E-state index in [1.54, 1.807) is 6.20 Å². The highest BCUT2D eigenvalue weighted by atomic mass is 16.5. The zero-order chi connectivity index (χ0) is 13.3. The van der Waals surface area contributed by atoms with Crippen LogP contribution in [0.1, 0.15) is 6.92 Å². The Labute approximate surface area is 110 Å². The molecule has 6 nitrogen and oxygen atoms in total. The van der Waals surface area contributed by atoms with E-state index in [9.17, 15) is 4.79 Å². The van der Waals surface area contributed by atoms with E-state index in [2.05, 4.69) is 20.8 Å². The number of fused-ring (bicyclic) bond motifs is 1. The minimum absolute atomic E-state index is 0.0582. The lowest BCUT2D eigenvalue weighted by molar-refractivity contribution is -0.130. The lowest BCUT2D eigenvalue weighted by atomic mass is 10.0. The van der Waals surface area contributed by atoms with Crippen LogP contribution >= 0.6 is 0 Å². The molecular formula is C13H16N4O2. The average Bonchev–Trinajstić information content (AvgIpc) is 2.83. The highest BCUT2D eigenvalue weighted by Gasteiger charge is 2.33. The van der Waals surface area contributed by atoms with Crippen LogP contribution in [0.15, 0.2) is 24.4 Å². The van der Waals surface area contributed by atoms with E-state index < -0.39 is 0 Å². The number of aromatic amines is 1. The normalized spacial score (nSPS) is 17.1. The fraction of sp³-hybridized carbons (Fsp3) is 0.385. The number of nitrogens with zero attached hydrogens (tertiary/aromatic N) is 1. The largest absolute Gasteiger partial charge is 0.363 e. The number of carbonyl (C=O) groups excluding carboxylic acids is 1. The maximum absolute atomic E-state index is 11.9. The summed E-state index contributed by atoms with van der Waals surface area (Å²) in [5.74, 6) is -0.157. The molecule has 3 N–H and O–H groups in total. The van der Waals surface area contributed by atoms with E-state index in [1.165, 1.54) is 0 Å². The summed E-state index contributed by atoms with van der Waals surface area (Å²) in [5, 5.41) is 13.8. The average molecular weight is 260 g/mol. The van der Waals surface area contributed by atoms with Crippen LogP contribution in [0.4, 0.5) is 5.69 Å². The van der Waals surface area contributed by atoms with Crippen molar-refractivity contribution < 1.29 is 9.53 Å². The van der Waals surface area contributed by atoms with Crippen molar-refractivity contribution in [3.8, 4) is 0 Å². The summed E-state index contributed by atoms with van der Waals surface area (Å²) in [6, 6.07) is 5.66. The first-order valence-corrected chi connectivity index (χ1v) is 6.23. The summed E-state index contributed by atoms with van der Waals surface area (Å²) in [4.78, 5) is 11.9. The molecule has 0 saturated carbocycles. The minimum Gasteiger partial charge on any atom is -0.363 e. The van der Waals surface area contributed by atoms with Gasteiger partial charge in [0.05, 0.1) is 23.0 Å². The van der Waals surface area contributed by atoms with E-state index in [4.69, 9.17) is 4.74 Å². The van der Waals surface area contributed by atoms with Gasteiger partial charge in [-0.05, 0) is 13.0 Å². The van der Waals surface area contributed by atoms with Gasteiger partial charge in [0.2, 0.25) is 5.91 Å². The van der Waals surface area contributed by atoms with E-state index >= 15 is 0 Å². The number of rotatable bonds is 4. The maximum atomic E-state index is 11.9. The van der Waals surface area contributed by atoms with Gasteiger partial charge < -0.3 is 15.4 Å². The van der Waals surface area contributed by atoms with Crippen LogP contribution in [0.25, 0.3) is 10.9 Å². The highest BCUT2D eigenvalue weighted by Crippen LogP contribution is 2.20. The Hall–Kier alpha value is -1.92. The summed E-state index contributed by atoms with van der Waals surface area (Å²) in [6.07, 6.45) is 1.72. The SMILES string of the molecule is CC1(OCC(=O)Nc2cccc3cn[nH]c23)CNC1. The van der Waals surface area contributed by atoms with Crippen LogP contribution < -0.4 is 10.6 Å². The summed E-state index contributed by atoms with van der Waals surface area (Å²) < 4.78 is 5.59. The molecule has 1 aromatic carbocycles. The summed E-state index contributed by atoms with van der Waals surface area (Å²) in [6.45, 7) is 3.63. The van der Waals surface area contributed by atoms with Gasteiger partial charge >= 0.3 is 0 Å². The fourth-order valence-electron chi connectivity index (χ4n) is 2.08. The van der Waals surface area contributed by atoms with E-state index in [0.29, 0.717) is 0 Å². The van der Waals surface area contributed by atoms with Gasteiger partial charge in [-0.15, -0.1) is 0 Å². The van der Waals surface area contributed by atoms with Crippen molar-refractivity contribution in [2.45, 2.75) is 12.5 Å². The Morgan fingerprint density at radius 3 is 3.11 bits per heavy atom. The van der Waals surface area contributed by atoms with Gasteiger partial charge in [0.25, 0.3) is 0 Å². The Morgan fingerprint density at radius 1 is 1.53 bits per heavy atom. The van der Waals surface area contributed by atoms with Gasteiger partial charge in [-0.25, -0.2) is 0 Å². The van der Waals surface area contributed by atoms with Gasteiger partial charge in [-0.3, -0.25) is 9.89 Å². The van der Waals surface area contributed by atoms with Gasteiger partial charge in [-0.1, -0.05) is 12.1 Å². The van der Waals surface area contributed by atoms with Crippen molar-refractivity contribution in [1.82, 2.24) is 15.5 Å². The van der Waals surface area contributed by atoms with Gasteiger partial charge in [0.15, 0.2) is 0 Å². The van der Waals surface area contributed by atoms with Crippen molar-refractivity contribution in [1.29, 1.82) is 0 Å².